The van der Waals surface area contributed by atoms with Crippen LogP contribution in [0, 0.1) is 5.92 Å². The summed E-state index contributed by atoms with van der Waals surface area (Å²) in [4.78, 5) is 0. The van der Waals surface area contributed by atoms with Crippen molar-refractivity contribution in [1.82, 2.24) is 15.1 Å². The zero-order valence-corrected chi connectivity index (χ0v) is 12.8. The second-order valence-corrected chi connectivity index (χ2v) is 5.31. The zero-order chi connectivity index (χ0) is 13.5. The van der Waals surface area contributed by atoms with Crippen LogP contribution in [0.25, 0.3) is 0 Å². The van der Waals surface area contributed by atoms with Gasteiger partial charge in [-0.05, 0) is 25.3 Å². The van der Waals surface area contributed by atoms with Crippen LogP contribution in [0.5, 0.6) is 0 Å². The van der Waals surface area contributed by atoms with Crippen molar-refractivity contribution in [3.8, 4) is 0 Å². The summed E-state index contributed by atoms with van der Waals surface area (Å²) in [6, 6.07) is 0.302. The quantitative estimate of drug-likeness (QED) is 0.774. The summed E-state index contributed by atoms with van der Waals surface area (Å²) >= 11 is 6.33. The van der Waals surface area contributed by atoms with Gasteiger partial charge in [0.05, 0.1) is 23.0 Å². The molecule has 0 saturated carbocycles. The molecule has 0 spiro atoms. The molecule has 3 nitrogen and oxygen atoms in total. The van der Waals surface area contributed by atoms with Crippen LogP contribution in [0.15, 0.2) is 6.20 Å². The van der Waals surface area contributed by atoms with E-state index in [1.54, 1.807) is 6.20 Å². The van der Waals surface area contributed by atoms with Gasteiger partial charge in [0.2, 0.25) is 0 Å². The summed E-state index contributed by atoms with van der Waals surface area (Å²) in [7, 11) is 0. The summed E-state index contributed by atoms with van der Waals surface area (Å²) in [5.74, 6) is 0.569. The number of aromatic nitrogens is 2. The van der Waals surface area contributed by atoms with Gasteiger partial charge < -0.3 is 5.32 Å². The molecular weight excluding hydrogens is 246 g/mol. The highest BCUT2D eigenvalue weighted by Gasteiger charge is 2.24. The van der Waals surface area contributed by atoms with Crippen LogP contribution in [0.1, 0.15) is 58.7 Å². The first-order valence-corrected chi connectivity index (χ1v) is 7.47. The average molecular weight is 272 g/mol. The van der Waals surface area contributed by atoms with Crippen LogP contribution in [0.3, 0.4) is 0 Å². The highest BCUT2D eigenvalue weighted by atomic mass is 35.5. The molecule has 0 aliphatic carbocycles. The van der Waals surface area contributed by atoms with E-state index in [-0.39, 0.29) is 0 Å². The predicted molar refractivity (Wildman–Crippen MR) is 78.0 cm³/mol. The molecule has 2 atom stereocenters. The van der Waals surface area contributed by atoms with Gasteiger partial charge >= 0.3 is 0 Å². The van der Waals surface area contributed by atoms with E-state index in [2.05, 4.69) is 42.8 Å². The fourth-order valence-corrected chi connectivity index (χ4v) is 2.74. The Labute approximate surface area is 116 Å². The molecule has 0 bridgehead atoms. The molecule has 104 valence electrons. The van der Waals surface area contributed by atoms with Gasteiger partial charge in [0, 0.05) is 6.54 Å². The molecule has 0 fully saturated rings. The third kappa shape index (κ3) is 3.72. The lowest BCUT2D eigenvalue weighted by atomic mass is 9.94. The molecule has 1 N–H and O–H groups in total. The third-order valence-electron chi connectivity index (χ3n) is 3.30. The number of hydrogen-bond donors (Lipinski definition) is 1. The summed E-state index contributed by atoms with van der Waals surface area (Å²) in [5, 5.41) is 8.75. The van der Waals surface area contributed by atoms with Crippen LogP contribution in [0.2, 0.25) is 5.02 Å². The number of rotatable bonds is 8. The summed E-state index contributed by atoms with van der Waals surface area (Å²) in [6.45, 7) is 10.7. The van der Waals surface area contributed by atoms with E-state index >= 15 is 0 Å². The highest BCUT2D eigenvalue weighted by molar-refractivity contribution is 6.31. The maximum Gasteiger partial charge on any atom is 0.0834 e. The number of nitrogens with one attached hydrogen (secondary N) is 1. The summed E-state index contributed by atoms with van der Waals surface area (Å²) < 4.78 is 2.06. The van der Waals surface area contributed by atoms with Gasteiger partial charge in [0.1, 0.15) is 0 Å². The predicted octanol–water partition coefficient (Wildman–Crippen LogP) is 4.03. The molecule has 0 saturated heterocycles. The molecule has 18 heavy (non-hydrogen) atoms. The van der Waals surface area contributed by atoms with Gasteiger partial charge in [-0.3, -0.25) is 4.68 Å². The van der Waals surface area contributed by atoms with E-state index < -0.39 is 0 Å². The van der Waals surface area contributed by atoms with E-state index in [1.165, 1.54) is 12.8 Å². The normalized spacial score (nSPS) is 14.7. The lowest BCUT2D eigenvalue weighted by Gasteiger charge is -2.26. The van der Waals surface area contributed by atoms with Crippen LogP contribution < -0.4 is 5.32 Å². The molecule has 1 aromatic heterocycles. The van der Waals surface area contributed by atoms with Crippen molar-refractivity contribution < 1.29 is 0 Å². The molecule has 1 aromatic rings. The van der Waals surface area contributed by atoms with Gasteiger partial charge in [-0.25, -0.2) is 0 Å². The van der Waals surface area contributed by atoms with E-state index in [1.807, 2.05) is 0 Å². The molecule has 1 rings (SSSR count). The number of nitrogens with zero attached hydrogens (tertiary/aromatic N) is 2. The summed E-state index contributed by atoms with van der Waals surface area (Å²) in [6.07, 6.45) is 5.25. The maximum atomic E-state index is 6.33. The number of hydrogen-bond acceptors (Lipinski definition) is 2. The minimum Gasteiger partial charge on any atom is -0.309 e. The summed E-state index contributed by atoms with van der Waals surface area (Å²) in [5.41, 5.74) is 1.15. The van der Waals surface area contributed by atoms with E-state index in [9.17, 15) is 0 Å². The molecule has 1 heterocycles. The van der Waals surface area contributed by atoms with Crippen molar-refractivity contribution in [2.24, 2.45) is 5.92 Å². The lowest BCUT2D eigenvalue weighted by molar-refractivity contribution is 0.346. The first kappa shape index (κ1) is 15.5. The Hall–Kier alpha value is -0.540. The fourth-order valence-electron chi connectivity index (χ4n) is 2.48. The largest absolute Gasteiger partial charge is 0.309 e. The Morgan fingerprint density at radius 2 is 2.06 bits per heavy atom. The second kappa shape index (κ2) is 7.80. The number of aryl methyl sites for hydroxylation is 1. The highest BCUT2D eigenvalue weighted by Crippen LogP contribution is 2.30. The molecule has 0 aliphatic rings. The van der Waals surface area contributed by atoms with Gasteiger partial charge in [-0.2, -0.15) is 5.10 Å². The van der Waals surface area contributed by atoms with Crippen molar-refractivity contribution in [2.75, 3.05) is 6.54 Å². The van der Waals surface area contributed by atoms with Gasteiger partial charge in [0.15, 0.2) is 0 Å². The first-order valence-electron chi connectivity index (χ1n) is 7.10. The maximum absolute atomic E-state index is 6.33. The smallest absolute Gasteiger partial charge is 0.0834 e. The Bertz CT molecular complexity index is 349. The van der Waals surface area contributed by atoms with E-state index in [0.29, 0.717) is 12.0 Å². The minimum absolute atomic E-state index is 0.302. The SMILES string of the molecule is CCCC(C)C(NCC)c1c(Cl)cnn1CCC. The Kier molecular flexibility index (Phi) is 6.72. The molecule has 2 unspecified atom stereocenters. The van der Waals surface area contributed by atoms with E-state index in [4.69, 9.17) is 11.6 Å². The van der Waals surface area contributed by atoms with E-state index in [0.717, 1.165) is 30.2 Å². The van der Waals surface area contributed by atoms with Gasteiger partial charge in [0.25, 0.3) is 0 Å². The molecule has 4 heteroatoms. The standard InChI is InChI=1S/C14H26ClN3/c1-5-8-11(4)13(16-7-3)14-12(15)10-17-18(14)9-6-2/h10-11,13,16H,5-9H2,1-4H3. The molecular formula is C14H26ClN3. The Balaban J connectivity index is 2.99. The van der Waals surface area contributed by atoms with Crippen molar-refractivity contribution in [2.45, 2.75) is 59.5 Å². The van der Waals surface area contributed by atoms with Crippen LogP contribution in [-0.2, 0) is 6.54 Å². The average Bonchev–Trinajstić information content (AvgIpc) is 2.69. The van der Waals surface area contributed by atoms with Crippen molar-refractivity contribution in [1.29, 1.82) is 0 Å². The van der Waals surface area contributed by atoms with Gasteiger partial charge in [-0.15, -0.1) is 0 Å². The topological polar surface area (TPSA) is 29.9 Å². The fraction of sp³-hybridized carbons (Fsp3) is 0.786. The van der Waals surface area contributed by atoms with Crippen molar-refractivity contribution in [3.05, 3.63) is 16.9 Å². The van der Waals surface area contributed by atoms with Crippen molar-refractivity contribution >= 4 is 11.6 Å². The Morgan fingerprint density at radius 1 is 1.33 bits per heavy atom. The third-order valence-corrected chi connectivity index (χ3v) is 3.59. The number of halogens is 1. The lowest BCUT2D eigenvalue weighted by Crippen LogP contribution is -2.29. The van der Waals surface area contributed by atoms with Crippen LogP contribution >= 0.6 is 11.6 Å². The monoisotopic (exact) mass is 271 g/mol. The molecule has 0 radical (unpaired) electrons. The first-order chi connectivity index (χ1) is 8.65. The van der Waals surface area contributed by atoms with Crippen LogP contribution in [0.4, 0.5) is 0 Å². The second-order valence-electron chi connectivity index (χ2n) is 4.90. The Morgan fingerprint density at radius 3 is 2.61 bits per heavy atom. The van der Waals surface area contributed by atoms with Crippen LogP contribution in [-0.4, -0.2) is 16.3 Å². The molecule has 0 amide bonds. The van der Waals surface area contributed by atoms with Crippen molar-refractivity contribution in [3.63, 3.8) is 0 Å². The zero-order valence-electron chi connectivity index (χ0n) is 12.0. The molecule has 0 aromatic carbocycles. The minimum atomic E-state index is 0.302. The van der Waals surface area contributed by atoms with Gasteiger partial charge in [-0.1, -0.05) is 45.7 Å². The molecule has 0 aliphatic heterocycles.